The van der Waals surface area contributed by atoms with Gasteiger partial charge in [0.1, 0.15) is 6.20 Å². The van der Waals surface area contributed by atoms with Gasteiger partial charge in [0.25, 0.3) is 0 Å². The highest BCUT2D eigenvalue weighted by molar-refractivity contribution is 5.82. The summed E-state index contributed by atoms with van der Waals surface area (Å²) in [5.41, 5.74) is 1.64. The van der Waals surface area contributed by atoms with Crippen molar-refractivity contribution in [2.45, 2.75) is 6.10 Å². The molecule has 13 heavy (non-hydrogen) atoms. The van der Waals surface area contributed by atoms with Crippen LogP contribution in [0.1, 0.15) is 0 Å². The first-order chi connectivity index (χ1) is 6.29. The second kappa shape index (κ2) is 4.91. The molecule has 0 bridgehead atoms. The van der Waals surface area contributed by atoms with Crippen molar-refractivity contribution in [3.63, 3.8) is 0 Å². The molecule has 0 aromatic rings. The zero-order chi connectivity index (χ0) is 9.68. The van der Waals surface area contributed by atoms with Crippen molar-refractivity contribution >= 4 is 6.21 Å². The van der Waals surface area contributed by atoms with Crippen LogP contribution in [0.2, 0.25) is 0 Å². The molecule has 5 N–H and O–H groups in total. The van der Waals surface area contributed by atoms with Crippen molar-refractivity contribution in [1.29, 1.82) is 5.41 Å². The van der Waals surface area contributed by atoms with Crippen molar-refractivity contribution in [3.05, 3.63) is 23.4 Å². The largest absolute Gasteiger partial charge is 0.387 e. The van der Waals surface area contributed by atoms with E-state index in [2.05, 4.69) is 5.32 Å². The summed E-state index contributed by atoms with van der Waals surface area (Å²) in [5.74, 6) is 0. The van der Waals surface area contributed by atoms with Crippen LogP contribution in [-0.2, 0) is 0 Å². The summed E-state index contributed by atoms with van der Waals surface area (Å²) in [4.78, 5) is 0. The Morgan fingerprint density at radius 1 is 1.85 bits per heavy atom. The maximum absolute atomic E-state index is 9.61. The minimum atomic E-state index is -0.485. The Bertz CT molecular complexity index is 245. The van der Waals surface area contributed by atoms with Gasteiger partial charge < -0.3 is 21.1 Å². The van der Waals surface area contributed by atoms with Crippen LogP contribution in [0.4, 0.5) is 0 Å². The van der Waals surface area contributed by atoms with E-state index in [0.29, 0.717) is 6.54 Å². The molecule has 0 aliphatic carbocycles. The molecule has 72 valence electrons. The van der Waals surface area contributed by atoms with Crippen LogP contribution < -0.4 is 10.6 Å². The van der Waals surface area contributed by atoms with Gasteiger partial charge in [0.15, 0.2) is 0 Å². The molecule has 0 radical (unpaired) electrons. The van der Waals surface area contributed by atoms with E-state index in [1.807, 2.05) is 24.6 Å². The van der Waals surface area contributed by atoms with Gasteiger partial charge >= 0.3 is 0 Å². The predicted molar refractivity (Wildman–Crippen MR) is 51.7 cm³/mol. The lowest BCUT2D eigenvalue weighted by Crippen LogP contribution is -2.73. The Morgan fingerprint density at radius 2 is 2.62 bits per heavy atom. The third kappa shape index (κ3) is 2.48. The van der Waals surface area contributed by atoms with Gasteiger partial charge in [-0.05, 0) is 5.57 Å². The van der Waals surface area contributed by atoms with E-state index in [4.69, 9.17) is 5.41 Å². The predicted octanol–water partition coefficient (Wildman–Crippen LogP) is -1.40. The van der Waals surface area contributed by atoms with E-state index in [9.17, 15) is 5.11 Å². The zero-order valence-electron chi connectivity index (χ0n) is 7.75. The quantitative estimate of drug-likeness (QED) is 0.405. The number of rotatable bonds is 3. The molecular weight excluding hydrogens is 166 g/mol. The standard InChI is InChI=1S/C9H15N3O/c1-11-5-7(4-10)8-2-3-12-6-9(8)13/h2,4-5,9-13H,3,6H2,1H3/p+1/b7-5+,10-4?/t9-/m0/s1. The molecule has 0 spiro atoms. The topological polar surface area (TPSA) is 72.7 Å². The van der Waals surface area contributed by atoms with Gasteiger partial charge in [-0.3, -0.25) is 0 Å². The van der Waals surface area contributed by atoms with Gasteiger partial charge in [-0.25, -0.2) is 0 Å². The Hall–Kier alpha value is -0.970. The van der Waals surface area contributed by atoms with E-state index >= 15 is 0 Å². The second-order valence-corrected chi connectivity index (χ2v) is 2.93. The SMILES string of the molecule is C[NH2+]/C=C(\C=N)C1=CCNC[C@@H]1O. The van der Waals surface area contributed by atoms with E-state index in [1.165, 1.54) is 6.21 Å². The fourth-order valence-corrected chi connectivity index (χ4v) is 1.37. The number of hydrogen-bond acceptors (Lipinski definition) is 3. The van der Waals surface area contributed by atoms with Crippen molar-refractivity contribution in [1.82, 2.24) is 5.32 Å². The van der Waals surface area contributed by atoms with Crippen molar-refractivity contribution < 1.29 is 10.4 Å². The van der Waals surface area contributed by atoms with Crippen LogP contribution in [0.3, 0.4) is 0 Å². The zero-order valence-corrected chi connectivity index (χ0v) is 7.75. The fraction of sp³-hybridized carbons (Fsp3) is 0.444. The molecule has 0 aromatic carbocycles. The van der Waals surface area contributed by atoms with Crippen LogP contribution in [0.25, 0.3) is 0 Å². The molecule has 0 saturated carbocycles. The fourth-order valence-electron chi connectivity index (χ4n) is 1.37. The summed E-state index contributed by atoms with van der Waals surface area (Å²) >= 11 is 0. The smallest absolute Gasteiger partial charge is 0.102 e. The molecule has 0 saturated heterocycles. The number of β-amino-alcohol motifs (C(OH)–C–C–N with tert-alkyl or cyclic N) is 1. The highest BCUT2D eigenvalue weighted by Gasteiger charge is 2.17. The van der Waals surface area contributed by atoms with Crippen molar-refractivity contribution in [2.24, 2.45) is 0 Å². The number of nitrogens with two attached hydrogens (primary N) is 1. The first kappa shape index (κ1) is 10.1. The molecular formula is C9H16N3O+. The van der Waals surface area contributed by atoms with Crippen molar-refractivity contribution in [2.75, 3.05) is 20.1 Å². The third-order valence-electron chi connectivity index (χ3n) is 2.00. The number of hydrogen-bond donors (Lipinski definition) is 4. The number of quaternary nitrogens is 1. The van der Waals surface area contributed by atoms with Gasteiger partial charge in [0.2, 0.25) is 0 Å². The second-order valence-electron chi connectivity index (χ2n) is 2.93. The average Bonchev–Trinajstić information content (AvgIpc) is 2.16. The molecule has 0 aromatic heterocycles. The first-order valence-corrected chi connectivity index (χ1v) is 4.39. The number of aliphatic hydroxyl groups excluding tert-OH is 1. The molecule has 1 aliphatic heterocycles. The maximum atomic E-state index is 9.61. The van der Waals surface area contributed by atoms with Crippen LogP contribution >= 0.6 is 0 Å². The normalized spacial score (nSPS) is 24.0. The summed E-state index contributed by atoms with van der Waals surface area (Å²) in [7, 11) is 1.90. The number of aliphatic hydroxyl groups is 1. The summed E-state index contributed by atoms with van der Waals surface area (Å²) in [6.45, 7) is 1.34. The van der Waals surface area contributed by atoms with Crippen LogP contribution in [0, 0.1) is 5.41 Å². The lowest BCUT2D eigenvalue weighted by molar-refractivity contribution is -0.556. The monoisotopic (exact) mass is 182 g/mol. The first-order valence-electron chi connectivity index (χ1n) is 4.39. The molecule has 1 atom stereocenters. The average molecular weight is 182 g/mol. The summed E-state index contributed by atoms with van der Waals surface area (Å²) < 4.78 is 0. The summed E-state index contributed by atoms with van der Waals surface area (Å²) in [6.07, 6.45) is 4.56. The van der Waals surface area contributed by atoms with E-state index in [0.717, 1.165) is 17.7 Å². The van der Waals surface area contributed by atoms with E-state index in [-0.39, 0.29) is 0 Å². The molecule has 1 aliphatic rings. The molecule has 4 heteroatoms. The van der Waals surface area contributed by atoms with Crippen LogP contribution in [-0.4, -0.2) is 37.6 Å². The molecule has 0 fully saturated rings. The molecule has 0 unspecified atom stereocenters. The summed E-state index contributed by atoms with van der Waals surface area (Å²) in [6, 6.07) is 0. The van der Waals surface area contributed by atoms with Gasteiger partial charge in [0.05, 0.1) is 18.7 Å². The highest BCUT2D eigenvalue weighted by atomic mass is 16.3. The third-order valence-corrected chi connectivity index (χ3v) is 2.00. The Morgan fingerprint density at radius 3 is 3.15 bits per heavy atom. The lowest BCUT2D eigenvalue weighted by Gasteiger charge is -2.20. The maximum Gasteiger partial charge on any atom is 0.102 e. The van der Waals surface area contributed by atoms with E-state index < -0.39 is 6.10 Å². The lowest BCUT2D eigenvalue weighted by atomic mass is 9.99. The van der Waals surface area contributed by atoms with E-state index in [1.54, 1.807) is 0 Å². The van der Waals surface area contributed by atoms with Gasteiger partial charge in [-0.1, -0.05) is 6.08 Å². The Labute approximate surface area is 77.9 Å². The Kier molecular flexibility index (Phi) is 3.82. The van der Waals surface area contributed by atoms with Crippen molar-refractivity contribution in [3.8, 4) is 0 Å². The Balaban J connectivity index is 2.83. The summed E-state index contributed by atoms with van der Waals surface area (Å²) in [5, 5.41) is 21.7. The number of nitrogens with one attached hydrogen (secondary N) is 2. The van der Waals surface area contributed by atoms with Crippen LogP contribution in [0.15, 0.2) is 23.4 Å². The molecule has 1 rings (SSSR count). The molecule has 4 nitrogen and oxygen atoms in total. The molecule has 1 heterocycles. The van der Waals surface area contributed by atoms with Gasteiger partial charge in [0, 0.05) is 19.3 Å². The van der Waals surface area contributed by atoms with Gasteiger partial charge in [-0.2, -0.15) is 0 Å². The highest BCUT2D eigenvalue weighted by Crippen LogP contribution is 2.13. The van der Waals surface area contributed by atoms with Crippen LogP contribution in [0.5, 0.6) is 0 Å². The minimum Gasteiger partial charge on any atom is -0.387 e. The molecule has 0 amide bonds. The van der Waals surface area contributed by atoms with Gasteiger partial charge in [-0.15, -0.1) is 0 Å². The minimum absolute atomic E-state index is 0.485.